The van der Waals surface area contributed by atoms with E-state index in [-0.39, 0.29) is 23.9 Å². The van der Waals surface area contributed by atoms with Gasteiger partial charge in [0, 0.05) is 12.3 Å². The first-order valence-corrected chi connectivity index (χ1v) is 28.2. The number of fused-ring (bicyclic) bond motifs is 5. The lowest BCUT2D eigenvalue weighted by Gasteiger charge is -2.74. The summed E-state index contributed by atoms with van der Waals surface area (Å²) in [7, 11) is 0. The molecule has 4 aliphatic carbocycles. The Hall–Kier alpha value is -1.63. The van der Waals surface area contributed by atoms with Crippen LogP contribution in [0, 0.1) is 38.9 Å². The average Bonchev–Trinajstić information content (AvgIpc) is 3.50. The van der Waals surface area contributed by atoms with Crippen LogP contribution in [-0.4, -0.2) is 233 Å². The lowest BCUT2D eigenvalue weighted by Crippen LogP contribution is -2.74. The maximum atomic E-state index is 13.3. The Labute approximate surface area is 456 Å². The summed E-state index contributed by atoms with van der Waals surface area (Å²) in [6, 6.07) is 0. The summed E-state index contributed by atoms with van der Waals surface area (Å²) in [4.78, 5) is 11.9. The Bertz CT molecular complexity index is 2080. The lowest BCUT2D eigenvalue weighted by atomic mass is 9.31. The highest BCUT2D eigenvalue weighted by molar-refractivity contribution is 5.65. The molecule has 0 aromatic rings. The van der Waals surface area contributed by atoms with E-state index in [4.69, 9.17) is 42.6 Å². The molecule has 23 heteroatoms. The summed E-state index contributed by atoms with van der Waals surface area (Å²) in [6.45, 7) is 16.4. The van der Waals surface area contributed by atoms with Crippen molar-refractivity contribution < 1.29 is 114 Å². The lowest BCUT2D eigenvalue weighted by molar-refractivity contribution is -0.382. The van der Waals surface area contributed by atoms with Gasteiger partial charge in [-0.15, -0.1) is 0 Å². The summed E-state index contributed by atoms with van der Waals surface area (Å²) >= 11 is 0. The fourth-order valence-electron chi connectivity index (χ4n) is 16.7. The summed E-state index contributed by atoms with van der Waals surface area (Å²) in [5.41, 5.74) is -3.09. The highest BCUT2D eigenvalue weighted by atomic mass is 16.8. The highest BCUT2D eigenvalue weighted by Crippen LogP contribution is 2.80. The smallest absolute Gasteiger partial charge is 0.302 e. The molecule has 8 aliphatic rings. The summed E-state index contributed by atoms with van der Waals surface area (Å²) in [5, 5.41) is 143. The SMILES string of the molecule is CC(=O)OC[C@@H]1O[C@H](O[C@@H]2CC[C@]3(C)[C@H](CC[C@@]4(C)[C@H]3C[C@H](O)[C@]3([C@](C)(CCC=C(C)C)O[C@H]5O[C@H](CO[C@@H]6OC[C@@H](O)[C@@H](O)[C@H]6O)[C@H](O)[C@@H](O)[C@@H]5O)CCC[C@@]34C)C2(C)C)[C@@H](O[C@@H]2O[C@H](CO)[C@H](O)[C@@H](O)[C@@H]2O)[C@@H](O)[C@H]1O. The molecular weight excluding hydrogens is 1030 g/mol. The number of aliphatic hydroxyl groups excluding tert-OH is 13. The van der Waals surface area contributed by atoms with E-state index in [0.717, 1.165) is 31.3 Å². The molecule has 0 radical (unpaired) electrons. The fraction of sp³-hybridized carbons (Fsp3) is 0.945. The molecule has 4 saturated heterocycles. The minimum Gasteiger partial charge on any atom is -0.463 e. The van der Waals surface area contributed by atoms with Crippen molar-refractivity contribution in [3.8, 4) is 0 Å². The second-order valence-corrected chi connectivity index (χ2v) is 25.9. The number of ether oxygens (including phenoxy) is 9. The van der Waals surface area contributed by atoms with Gasteiger partial charge in [-0.1, -0.05) is 52.7 Å². The standard InChI is InChI=1S/C55H92O23/c1-25(2)12-10-16-54(9,78-48-44(69)40(65)37(62)30(74-48)24-72-46-42(67)35(60)27(58)22-71-46)55-17-11-15-53(55,8)52(7)19-13-31-50(4,5)34(14-18-51(31,6)32(52)20-33(55)59)76-49-45(41(66)38(63)29(75-49)23-70-26(3)57)77-47-43(68)39(64)36(61)28(21-56)73-47/h12,27-49,56,58-69H,10-11,13-24H2,1-9H3/t27-,28-,29+,30-,31-,32+,33+,34-,35-,36+,37+,38+,39-,40-,41+,42-,43+,44+,45+,46+,47+,48-,49-,51-,52+,53-,54+,55-/m1/s1. The number of rotatable bonds is 16. The van der Waals surface area contributed by atoms with Crippen molar-refractivity contribution in [1.29, 1.82) is 0 Å². The van der Waals surface area contributed by atoms with Gasteiger partial charge in [-0.25, -0.2) is 0 Å². The van der Waals surface area contributed by atoms with Crippen LogP contribution >= 0.6 is 0 Å². The van der Waals surface area contributed by atoms with E-state index in [0.29, 0.717) is 38.5 Å². The van der Waals surface area contributed by atoms with Crippen LogP contribution in [0.4, 0.5) is 0 Å². The van der Waals surface area contributed by atoms with Crippen molar-refractivity contribution in [3.63, 3.8) is 0 Å². The van der Waals surface area contributed by atoms with Gasteiger partial charge in [0.15, 0.2) is 25.2 Å². The van der Waals surface area contributed by atoms with Crippen molar-refractivity contribution in [2.75, 3.05) is 26.4 Å². The van der Waals surface area contributed by atoms with Gasteiger partial charge in [-0.2, -0.15) is 0 Å². The number of aliphatic hydroxyl groups is 13. The maximum Gasteiger partial charge on any atom is 0.302 e. The molecule has 4 heterocycles. The third-order valence-electron chi connectivity index (χ3n) is 21.1. The van der Waals surface area contributed by atoms with Crippen LogP contribution in [0.25, 0.3) is 0 Å². The van der Waals surface area contributed by atoms with Crippen molar-refractivity contribution in [2.24, 2.45) is 38.9 Å². The van der Waals surface area contributed by atoms with Crippen molar-refractivity contribution in [2.45, 2.75) is 261 Å². The van der Waals surface area contributed by atoms with Gasteiger partial charge in [0.05, 0.1) is 37.6 Å². The predicted molar refractivity (Wildman–Crippen MR) is 270 cm³/mol. The number of esters is 1. The van der Waals surface area contributed by atoms with Crippen molar-refractivity contribution >= 4 is 5.97 Å². The molecular formula is C55H92O23. The zero-order chi connectivity index (χ0) is 57.4. The van der Waals surface area contributed by atoms with E-state index in [1.165, 1.54) is 6.92 Å². The zero-order valence-corrected chi connectivity index (χ0v) is 46.7. The highest BCUT2D eigenvalue weighted by Gasteiger charge is 2.78. The van der Waals surface area contributed by atoms with E-state index >= 15 is 0 Å². The molecule has 0 aromatic heterocycles. The van der Waals surface area contributed by atoms with Crippen LogP contribution in [-0.2, 0) is 47.4 Å². The summed E-state index contributed by atoms with van der Waals surface area (Å²) in [5.74, 6) is -0.707. The first-order chi connectivity index (χ1) is 36.4. The van der Waals surface area contributed by atoms with Crippen LogP contribution in [0.1, 0.15) is 127 Å². The number of allylic oxidation sites excluding steroid dienone is 2. The zero-order valence-electron chi connectivity index (χ0n) is 46.7. The Morgan fingerprint density at radius 2 is 1.24 bits per heavy atom. The topological polar surface area (TPSA) is 363 Å². The predicted octanol–water partition coefficient (Wildman–Crippen LogP) is -0.849. The molecule has 0 aromatic carbocycles. The third kappa shape index (κ3) is 10.6. The molecule has 450 valence electrons. The van der Waals surface area contributed by atoms with Gasteiger partial charge >= 0.3 is 5.97 Å². The monoisotopic (exact) mass is 1120 g/mol. The molecule has 0 spiro atoms. The van der Waals surface area contributed by atoms with E-state index < -0.39 is 182 Å². The first kappa shape index (κ1) is 62.4. The largest absolute Gasteiger partial charge is 0.463 e. The van der Waals surface area contributed by atoms with Gasteiger partial charge in [0.2, 0.25) is 0 Å². The van der Waals surface area contributed by atoms with E-state index in [9.17, 15) is 71.2 Å². The van der Waals surface area contributed by atoms with E-state index in [1.54, 1.807) is 0 Å². The molecule has 0 unspecified atom stereocenters. The maximum absolute atomic E-state index is 13.3. The molecule has 4 aliphatic heterocycles. The second-order valence-electron chi connectivity index (χ2n) is 25.9. The average molecular weight is 1120 g/mol. The Kier molecular flexibility index (Phi) is 18.8. The molecule has 78 heavy (non-hydrogen) atoms. The Morgan fingerprint density at radius 1 is 0.641 bits per heavy atom. The third-order valence-corrected chi connectivity index (χ3v) is 21.1. The first-order valence-electron chi connectivity index (χ1n) is 28.2. The van der Waals surface area contributed by atoms with Crippen LogP contribution in [0.5, 0.6) is 0 Å². The molecule has 23 nitrogen and oxygen atoms in total. The Balaban J connectivity index is 1.06. The fourth-order valence-corrected chi connectivity index (χ4v) is 16.7. The van der Waals surface area contributed by atoms with E-state index in [1.807, 2.05) is 20.8 Å². The van der Waals surface area contributed by atoms with Crippen molar-refractivity contribution in [3.05, 3.63) is 11.6 Å². The van der Waals surface area contributed by atoms with Gasteiger partial charge in [0.25, 0.3) is 0 Å². The second kappa shape index (κ2) is 23.4. The Morgan fingerprint density at radius 3 is 1.90 bits per heavy atom. The van der Waals surface area contributed by atoms with E-state index in [2.05, 4.69) is 40.7 Å². The number of carbonyl (C=O) groups is 1. The minimum absolute atomic E-state index is 0.0149. The summed E-state index contributed by atoms with van der Waals surface area (Å²) < 4.78 is 54.7. The quantitative estimate of drug-likeness (QED) is 0.0509. The van der Waals surface area contributed by atoms with Crippen LogP contribution in [0.3, 0.4) is 0 Å². The number of hydrogen-bond acceptors (Lipinski definition) is 23. The van der Waals surface area contributed by atoms with Gasteiger partial charge < -0.3 is 109 Å². The van der Waals surface area contributed by atoms with Crippen LogP contribution in [0.2, 0.25) is 0 Å². The molecule has 0 bridgehead atoms. The molecule has 0 amide bonds. The molecule has 28 atom stereocenters. The molecule has 8 rings (SSSR count). The molecule has 13 N–H and O–H groups in total. The normalized spacial score (nSPS) is 51.1. The van der Waals surface area contributed by atoms with Gasteiger partial charge in [0.1, 0.15) is 98.2 Å². The van der Waals surface area contributed by atoms with Gasteiger partial charge in [-0.3, -0.25) is 4.79 Å². The van der Waals surface area contributed by atoms with Crippen molar-refractivity contribution in [1.82, 2.24) is 0 Å². The minimum atomic E-state index is -1.84. The van der Waals surface area contributed by atoms with Gasteiger partial charge in [-0.05, 0) is 112 Å². The van der Waals surface area contributed by atoms with Crippen LogP contribution in [0.15, 0.2) is 11.6 Å². The summed E-state index contributed by atoms with van der Waals surface area (Å²) in [6.07, 6.45) is -23.4. The number of hydrogen-bond donors (Lipinski definition) is 13. The molecule has 4 saturated carbocycles. The molecule has 8 fully saturated rings. The van der Waals surface area contributed by atoms with Crippen LogP contribution < -0.4 is 0 Å². The number of carbonyl (C=O) groups excluding carboxylic acids is 1.